The van der Waals surface area contributed by atoms with Crippen LogP contribution in [0.4, 0.5) is 0 Å². The average Bonchev–Trinajstić information content (AvgIpc) is 3.15. The topological polar surface area (TPSA) is 56.0 Å². The third-order valence-corrected chi connectivity index (χ3v) is 5.25. The number of para-hydroxylation sites is 1. The van der Waals surface area contributed by atoms with E-state index in [-0.39, 0.29) is 0 Å². The number of rotatable bonds is 3. The third kappa shape index (κ3) is 2.17. The summed E-state index contributed by atoms with van der Waals surface area (Å²) in [6, 6.07) is 10.4. The maximum atomic E-state index is 4.50. The van der Waals surface area contributed by atoms with Crippen LogP contribution in [-0.2, 0) is 6.42 Å². The van der Waals surface area contributed by atoms with Gasteiger partial charge in [0.05, 0.1) is 5.52 Å². The first kappa shape index (κ1) is 13.7. The van der Waals surface area contributed by atoms with Gasteiger partial charge in [-0.3, -0.25) is 4.40 Å². The fourth-order valence-corrected chi connectivity index (χ4v) is 4.10. The van der Waals surface area contributed by atoms with Gasteiger partial charge in [0.1, 0.15) is 5.82 Å². The smallest absolute Gasteiger partial charge is 0.203 e. The van der Waals surface area contributed by atoms with Gasteiger partial charge in [-0.05, 0) is 47.9 Å². The van der Waals surface area contributed by atoms with Gasteiger partial charge in [0.15, 0.2) is 9.99 Å². The lowest BCUT2D eigenvalue weighted by Crippen LogP contribution is -1.92. The molecule has 1 aromatic carbocycles. The van der Waals surface area contributed by atoms with Crippen LogP contribution in [-0.4, -0.2) is 24.0 Å². The molecule has 0 saturated carbocycles. The second-order valence-electron chi connectivity index (χ2n) is 4.95. The number of fused-ring (bicyclic) bond motifs is 3. The number of benzene rings is 1. The van der Waals surface area contributed by atoms with E-state index in [1.807, 2.05) is 6.07 Å². The van der Waals surface area contributed by atoms with Crippen LogP contribution in [0.1, 0.15) is 18.3 Å². The number of hydrogen-bond donors (Lipinski definition) is 0. The van der Waals surface area contributed by atoms with Gasteiger partial charge < -0.3 is 0 Å². The zero-order valence-corrected chi connectivity index (χ0v) is 13.8. The Morgan fingerprint density at radius 2 is 2.09 bits per heavy atom. The average molecular weight is 327 g/mol. The minimum Gasteiger partial charge on any atom is -0.270 e. The summed E-state index contributed by atoms with van der Waals surface area (Å²) < 4.78 is 7.31. The van der Waals surface area contributed by atoms with Crippen molar-refractivity contribution < 1.29 is 0 Å². The maximum absolute atomic E-state index is 4.50. The lowest BCUT2D eigenvalue weighted by molar-refractivity contribution is 0.932. The van der Waals surface area contributed by atoms with Crippen LogP contribution in [0.2, 0.25) is 0 Å². The largest absolute Gasteiger partial charge is 0.270 e. The van der Waals surface area contributed by atoms with Crippen LogP contribution >= 0.6 is 23.3 Å². The van der Waals surface area contributed by atoms with Crippen molar-refractivity contribution in [1.82, 2.24) is 24.0 Å². The van der Waals surface area contributed by atoms with Gasteiger partial charge in [0.25, 0.3) is 0 Å². The standard InChI is InChI=1S/C15H13N5S2/c1-3-12-16-15(22-19-12)21-14-18-17-13-8-9(2)10-6-4-5-7-11(10)20(13)14/h4-8H,3H2,1-2H3. The second kappa shape index (κ2) is 5.33. The molecular weight excluding hydrogens is 314 g/mol. The Morgan fingerprint density at radius 3 is 2.91 bits per heavy atom. The molecule has 0 saturated heterocycles. The van der Waals surface area contributed by atoms with E-state index < -0.39 is 0 Å². The van der Waals surface area contributed by atoms with Crippen molar-refractivity contribution in [3.8, 4) is 0 Å². The monoisotopic (exact) mass is 327 g/mol. The van der Waals surface area contributed by atoms with E-state index in [9.17, 15) is 0 Å². The Kier molecular flexibility index (Phi) is 3.31. The third-order valence-electron chi connectivity index (χ3n) is 3.52. The molecular formula is C15H13N5S2. The fourth-order valence-electron chi connectivity index (χ4n) is 2.44. The van der Waals surface area contributed by atoms with Crippen molar-refractivity contribution in [2.24, 2.45) is 0 Å². The van der Waals surface area contributed by atoms with Crippen molar-refractivity contribution in [3.63, 3.8) is 0 Å². The van der Waals surface area contributed by atoms with Gasteiger partial charge in [-0.15, -0.1) is 10.2 Å². The molecule has 0 unspecified atom stereocenters. The molecule has 0 aliphatic heterocycles. The summed E-state index contributed by atoms with van der Waals surface area (Å²) in [6.45, 7) is 4.15. The molecule has 0 bridgehead atoms. The van der Waals surface area contributed by atoms with Gasteiger partial charge in [0, 0.05) is 11.8 Å². The molecule has 4 aromatic rings. The van der Waals surface area contributed by atoms with E-state index in [4.69, 9.17) is 0 Å². The van der Waals surface area contributed by atoms with Crippen LogP contribution < -0.4 is 0 Å². The van der Waals surface area contributed by atoms with Crippen LogP contribution in [0.25, 0.3) is 16.6 Å². The first-order valence-electron chi connectivity index (χ1n) is 7.00. The van der Waals surface area contributed by atoms with E-state index >= 15 is 0 Å². The minimum absolute atomic E-state index is 0.824. The normalized spacial score (nSPS) is 11.5. The summed E-state index contributed by atoms with van der Waals surface area (Å²) in [7, 11) is 0. The summed E-state index contributed by atoms with van der Waals surface area (Å²) in [5, 5.41) is 10.7. The first-order chi connectivity index (χ1) is 10.8. The molecule has 0 atom stereocenters. The van der Waals surface area contributed by atoms with Gasteiger partial charge in [0.2, 0.25) is 5.16 Å². The summed E-state index contributed by atoms with van der Waals surface area (Å²) >= 11 is 2.93. The Balaban J connectivity index is 1.89. The molecule has 110 valence electrons. The number of nitrogens with zero attached hydrogens (tertiary/aromatic N) is 5. The molecule has 3 aromatic heterocycles. The molecule has 0 spiro atoms. The van der Waals surface area contributed by atoms with Crippen molar-refractivity contribution in [1.29, 1.82) is 0 Å². The Bertz CT molecular complexity index is 973. The highest BCUT2D eigenvalue weighted by Gasteiger charge is 2.14. The Morgan fingerprint density at radius 1 is 1.23 bits per heavy atom. The summed E-state index contributed by atoms with van der Waals surface area (Å²) in [4.78, 5) is 4.50. The molecule has 7 heteroatoms. The summed E-state index contributed by atoms with van der Waals surface area (Å²) in [6.07, 6.45) is 0.847. The predicted octanol–water partition coefficient (Wildman–Crippen LogP) is 3.76. The molecule has 0 aliphatic rings. The highest BCUT2D eigenvalue weighted by Crippen LogP contribution is 2.31. The van der Waals surface area contributed by atoms with E-state index in [0.717, 1.165) is 32.9 Å². The molecule has 5 nitrogen and oxygen atoms in total. The van der Waals surface area contributed by atoms with Gasteiger partial charge in [-0.25, -0.2) is 4.98 Å². The number of hydrogen-bond acceptors (Lipinski definition) is 6. The highest BCUT2D eigenvalue weighted by molar-refractivity contribution is 8.00. The lowest BCUT2D eigenvalue weighted by Gasteiger charge is -2.06. The van der Waals surface area contributed by atoms with Gasteiger partial charge in [-0.2, -0.15) is 4.37 Å². The summed E-state index contributed by atoms with van der Waals surface area (Å²) in [5.41, 5.74) is 3.18. The van der Waals surface area contributed by atoms with E-state index in [0.29, 0.717) is 0 Å². The van der Waals surface area contributed by atoms with Crippen LogP contribution in [0, 0.1) is 6.92 Å². The molecule has 0 aliphatic carbocycles. The van der Waals surface area contributed by atoms with Crippen molar-refractivity contribution in [3.05, 3.63) is 41.7 Å². The number of aryl methyl sites for hydroxylation is 2. The van der Waals surface area contributed by atoms with E-state index in [1.165, 1.54) is 34.2 Å². The fraction of sp³-hybridized carbons (Fsp3) is 0.200. The highest BCUT2D eigenvalue weighted by atomic mass is 32.2. The van der Waals surface area contributed by atoms with Gasteiger partial charge in [-0.1, -0.05) is 25.1 Å². The Hall–Kier alpha value is -1.99. The number of aromatic nitrogens is 5. The zero-order valence-electron chi connectivity index (χ0n) is 12.1. The molecule has 3 heterocycles. The summed E-state index contributed by atoms with van der Waals surface area (Å²) in [5.74, 6) is 0.877. The Labute approximate surface area is 135 Å². The molecule has 0 fully saturated rings. The molecule has 0 radical (unpaired) electrons. The molecule has 22 heavy (non-hydrogen) atoms. The number of pyridine rings is 1. The van der Waals surface area contributed by atoms with Crippen molar-refractivity contribution >= 4 is 39.8 Å². The zero-order chi connectivity index (χ0) is 15.1. The molecule has 0 amide bonds. The quantitative estimate of drug-likeness (QED) is 0.573. The lowest BCUT2D eigenvalue weighted by atomic mass is 10.1. The maximum Gasteiger partial charge on any atom is 0.203 e. The predicted molar refractivity (Wildman–Crippen MR) is 88.6 cm³/mol. The van der Waals surface area contributed by atoms with Crippen LogP contribution in [0.15, 0.2) is 39.8 Å². The van der Waals surface area contributed by atoms with Crippen LogP contribution in [0.5, 0.6) is 0 Å². The SMILES string of the molecule is CCc1nsc(Sc2nnc3cc(C)c4ccccc4n23)n1. The van der Waals surface area contributed by atoms with Gasteiger partial charge >= 0.3 is 0 Å². The minimum atomic E-state index is 0.824. The van der Waals surface area contributed by atoms with E-state index in [1.54, 1.807) is 0 Å². The second-order valence-corrected chi connectivity index (χ2v) is 6.92. The first-order valence-corrected chi connectivity index (χ1v) is 8.59. The molecule has 4 rings (SSSR count). The van der Waals surface area contributed by atoms with Crippen molar-refractivity contribution in [2.45, 2.75) is 29.8 Å². The molecule has 0 N–H and O–H groups in total. The van der Waals surface area contributed by atoms with E-state index in [2.05, 4.69) is 62.1 Å². The van der Waals surface area contributed by atoms with Crippen LogP contribution in [0.3, 0.4) is 0 Å². The van der Waals surface area contributed by atoms with Crippen molar-refractivity contribution in [2.75, 3.05) is 0 Å².